The number of hydrogen-bond acceptors (Lipinski definition) is 4. The third-order valence-electron chi connectivity index (χ3n) is 4.95. The van der Waals surface area contributed by atoms with E-state index in [9.17, 15) is 4.79 Å². The number of aromatic nitrogens is 2. The summed E-state index contributed by atoms with van der Waals surface area (Å²) in [5, 5.41) is 0. The molecule has 6 nitrogen and oxygen atoms in total. The molecule has 3 heterocycles. The summed E-state index contributed by atoms with van der Waals surface area (Å²) >= 11 is 0. The molecule has 0 aliphatic carbocycles. The number of carbonyl (C=O) groups excluding carboxylic acids is 1. The molecular weight excluding hydrogens is 280 g/mol. The molecule has 2 unspecified atom stereocenters. The molecule has 6 heteroatoms. The van der Waals surface area contributed by atoms with Gasteiger partial charge in [-0.3, -0.25) is 4.79 Å². The number of nitrogens with two attached hydrogens (primary N) is 1. The first-order chi connectivity index (χ1) is 10.6. The first kappa shape index (κ1) is 15.5. The Hall–Kier alpha value is -1.40. The molecule has 0 bridgehead atoms. The Kier molecular flexibility index (Phi) is 4.78. The number of ether oxygens (including phenoxy) is 1. The highest BCUT2D eigenvalue weighted by molar-refractivity contribution is 5.90. The zero-order valence-electron chi connectivity index (χ0n) is 13.3. The lowest BCUT2D eigenvalue weighted by Crippen LogP contribution is -2.39. The molecular formula is C16H26N4O2. The fourth-order valence-electron chi connectivity index (χ4n) is 3.68. The zero-order valence-corrected chi connectivity index (χ0v) is 13.3. The Balaban J connectivity index is 1.48. The van der Waals surface area contributed by atoms with Crippen molar-refractivity contribution in [3.63, 3.8) is 0 Å². The molecule has 1 amide bonds. The highest BCUT2D eigenvalue weighted by Gasteiger charge is 2.26. The SMILES string of the molecule is CC1CC(CN2CCC(c3ncc(C(N)=O)[nH]3)CC2)CCO1. The highest BCUT2D eigenvalue weighted by Crippen LogP contribution is 2.28. The maximum absolute atomic E-state index is 11.1. The summed E-state index contributed by atoms with van der Waals surface area (Å²) in [6.45, 7) is 6.47. The summed E-state index contributed by atoms with van der Waals surface area (Å²) < 4.78 is 5.63. The molecule has 1 aromatic rings. The number of rotatable bonds is 4. The van der Waals surface area contributed by atoms with Crippen molar-refractivity contribution >= 4 is 5.91 Å². The summed E-state index contributed by atoms with van der Waals surface area (Å²) in [6.07, 6.45) is 6.50. The van der Waals surface area contributed by atoms with Crippen LogP contribution < -0.4 is 5.73 Å². The minimum absolute atomic E-state index is 0.409. The van der Waals surface area contributed by atoms with Crippen molar-refractivity contribution in [1.82, 2.24) is 14.9 Å². The van der Waals surface area contributed by atoms with Crippen LogP contribution in [-0.4, -0.2) is 53.1 Å². The predicted molar refractivity (Wildman–Crippen MR) is 83.7 cm³/mol. The van der Waals surface area contributed by atoms with Crippen LogP contribution in [0.15, 0.2) is 6.20 Å². The molecule has 3 N–H and O–H groups in total. The van der Waals surface area contributed by atoms with Crippen molar-refractivity contribution in [3.05, 3.63) is 17.7 Å². The first-order valence-electron chi connectivity index (χ1n) is 8.30. The number of hydrogen-bond donors (Lipinski definition) is 2. The highest BCUT2D eigenvalue weighted by atomic mass is 16.5. The number of primary amides is 1. The van der Waals surface area contributed by atoms with Crippen LogP contribution >= 0.6 is 0 Å². The maximum Gasteiger partial charge on any atom is 0.266 e. The van der Waals surface area contributed by atoms with Gasteiger partial charge in [-0.05, 0) is 51.6 Å². The molecule has 0 spiro atoms. The average molecular weight is 306 g/mol. The van der Waals surface area contributed by atoms with Crippen LogP contribution in [0.5, 0.6) is 0 Å². The fourth-order valence-corrected chi connectivity index (χ4v) is 3.68. The second-order valence-electron chi connectivity index (χ2n) is 6.69. The van der Waals surface area contributed by atoms with E-state index in [0.29, 0.717) is 17.7 Å². The summed E-state index contributed by atoms with van der Waals surface area (Å²) in [5.74, 6) is 1.65. The van der Waals surface area contributed by atoms with E-state index in [1.54, 1.807) is 6.20 Å². The molecule has 22 heavy (non-hydrogen) atoms. The van der Waals surface area contributed by atoms with Gasteiger partial charge in [0.05, 0.1) is 12.3 Å². The lowest BCUT2D eigenvalue weighted by molar-refractivity contribution is -0.00725. The number of H-pyrrole nitrogens is 1. The van der Waals surface area contributed by atoms with Crippen molar-refractivity contribution in [1.29, 1.82) is 0 Å². The number of amides is 1. The van der Waals surface area contributed by atoms with E-state index in [4.69, 9.17) is 10.5 Å². The molecule has 122 valence electrons. The van der Waals surface area contributed by atoms with Crippen LogP contribution in [0.1, 0.15) is 54.8 Å². The average Bonchev–Trinajstić information content (AvgIpc) is 2.98. The molecule has 3 rings (SSSR count). The van der Waals surface area contributed by atoms with Crippen LogP contribution in [0.3, 0.4) is 0 Å². The molecule has 2 fully saturated rings. The van der Waals surface area contributed by atoms with Crippen LogP contribution in [0.25, 0.3) is 0 Å². The van der Waals surface area contributed by atoms with Gasteiger partial charge < -0.3 is 20.4 Å². The van der Waals surface area contributed by atoms with Gasteiger partial charge in [-0.2, -0.15) is 0 Å². The van der Waals surface area contributed by atoms with E-state index >= 15 is 0 Å². The van der Waals surface area contributed by atoms with E-state index in [1.807, 2.05) is 0 Å². The fraction of sp³-hybridized carbons (Fsp3) is 0.750. The van der Waals surface area contributed by atoms with Crippen molar-refractivity contribution in [2.45, 2.75) is 44.6 Å². The summed E-state index contributed by atoms with van der Waals surface area (Å²) in [7, 11) is 0. The number of nitrogens with zero attached hydrogens (tertiary/aromatic N) is 2. The Bertz CT molecular complexity index is 508. The lowest BCUT2D eigenvalue weighted by Gasteiger charge is -2.36. The van der Waals surface area contributed by atoms with Crippen molar-refractivity contribution in [2.75, 3.05) is 26.2 Å². The Labute approximate surface area is 131 Å². The minimum atomic E-state index is -0.440. The zero-order chi connectivity index (χ0) is 15.5. The van der Waals surface area contributed by atoms with Crippen molar-refractivity contribution in [3.8, 4) is 0 Å². The van der Waals surface area contributed by atoms with Crippen LogP contribution in [0.4, 0.5) is 0 Å². The third kappa shape index (κ3) is 3.67. The number of aromatic amines is 1. The van der Waals surface area contributed by atoms with Crippen LogP contribution in [0, 0.1) is 5.92 Å². The lowest BCUT2D eigenvalue weighted by atomic mass is 9.92. The van der Waals surface area contributed by atoms with Crippen molar-refractivity contribution < 1.29 is 9.53 Å². The van der Waals surface area contributed by atoms with Gasteiger partial charge in [0.1, 0.15) is 11.5 Å². The monoisotopic (exact) mass is 306 g/mol. The normalized spacial score (nSPS) is 27.9. The summed E-state index contributed by atoms with van der Waals surface area (Å²) in [4.78, 5) is 21.1. The van der Waals surface area contributed by atoms with Crippen molar-refractivity contribution in [2.24, 2.45) is 11.7 Å². The number of imidazole rings is 1. The standard InChI is InChI=1S/C16H26N4O2/c1-11-8-12(4-7-22-11)10-20-5-2-13(3-6-20)16-18-9-14(19-16)15(17)21/h9,11-13H,2-8,10H2,1H3,(H2,17,21)(H,18,19). The quantitative estimate of drug-likeness (QED) is 0.883. The second kappa shape index (κ2) is 6.79. The van der Waals surface area contributed by atoms with E-state index in [1.165, 1.54) is 19.4 Å². The largest absolute Gasteiger partial charge is 0.378 e. The molecule has 0 saturated carbocycles. The molecule has 1 aromatic heterocycles. The predicted octanol–water partition coefficient (Wildman–Crippen LogP) is 1.50. The maximum atomic E-state index is 11.1. The number of nitrogens with one attached hydrogen (secondary N) is 1. The Morgan fingerprint density at radius 2 is 2.23 bits per heavy atom. The molecule has 0 aromatic carbocycles. The molecule has 0 radical (unpaired) electrons. The summed E-state index contributed by atoms with van der Waals surface area (Å²) in [5.41, 5.74) is 5.68. The third-order valence-corrected chi connectivity index (χ3v) is 4.95. The number of carbonyl (C=O) groups is 1. The Morgan fingerprint density at radius 1 is 1.45 bits per heavy atom. The van der Waals surface area contributed by atoms with Gasteiger partial charge >= 0.3 is 0 Å². The minimum Gasteiger partial charge on any atom is -0.378 e. The molecule has 2 saturated heterocycles. The number of piperidine rings is 1. The van der Waals surface area contributed by atoms with Gasteiger partial charge in [0, 0.05) is 19.1 Å². The second-order valence-corrected chi connectivity index (χ2v) is 6.69. The van der Waals surface area contributed by atoms with Crippen LogP contribution in [-0.2, 0) is 4.74 Å². The summed E-state index contributed by atoms with van der Waals surface area (Å²) in [6, 6.07) is 0. The van der Waals surface area contributed by atoms with Gasteiger partial charge in [-0.1, -0.05) is 0 Å². The smallest absolute Gasteiger partial charge is 0.266 e. The molecule has 2 atom stereocenters. The Morgan fingerprint density at radius 3 is 2.86 bits per heavy atom. The van der Waals surface area contributed by atoms with E-state index < -0.39 is 5.91 Å². The first-order valence-corrected chi connectivity index (χ1v) is 8.30. The van der Waals surface area contributed by atoms with Gasteiger partial charge in [-0.25, -0.2) is 4.98 Å². The topological polar surface area (TPSA) is 84.2 Å². The van der Waals surface area contributed by atoms with Gasteiger partial charge in [0.25, 0.3) is 5.91 Å². The van der Waals surface area contributed by atoms with Gasteiger partial charge in [0.2, 0.25) is 0 Å². The van der Waals surface area contributed by atoms with Crippen LogP contribution in [0.2, 0.25) is 0 Å². The van der Waals surface area contributed by atoms with Gasteiger partial charge in [-0.15, -0.1) is 0 Å². The van der Waals surface area contributed by atoms with Gasteiger partial charge in [0.15, 0.2) is 0 Å². The number of likely N-dealkylation sites (tertiary alicyclic amines) is 1. The molecule has 2 aliphatic heterocycles. The van der Waals surface area contributed by atoms with E-state index in [-0.39, 0.29) is 0 Å². The molecule has 2 aliphatic rings. The van der Waals surface area contributed by atoms with E-state index in [0.717, 1.165) is 44.3 Å². The van der Waals surface area contributed by atoms with E-state index in [2.05, 4.69) is 21.8 Å².